The number of nitrogens with one attached hydrogen (secondary N) is 3. The lowest BCUT2D eigenvalue weighted by Crippen LogP contribution is -2.46. The zero-order valence-corrected chi connectivity index (χ0v) is 72.0. The van der Waals surface area contributed by atoms with Crippen molar-refractivity contribution in [3.8, 4) is 34.5 Å². The van der Waals surface area contributed by atoms with Crippen molar-refractivity contribution in [3.63, 3.8) is 0 Å². The maximum atomic E-state index is 13.0. The summed E-state index contributed by atoms with van der Waals surface area (Å²) in [5.74, 6) is -7.76. The van der Waals surface area contributed by atoms with Gasteiger partial charge in [0.2, 0.25) is 35.4 Å². The lowest BCUT2D eigenvalue weighted by molar-refractivity contribution is -0.131. The van der Waals surface area contributed by atoms with Crippen molar-refractivity contribution in [2.45, 2.75) is 238 Å². The van der Waals surface area contributed by atoms with Gasteiger partial charge < -0.3 is 108 Å². The van der Waals surface area contributed by atoms with Crippen LogP contribution < -0.4 is 78.8 Å². The van der Waals surface area contributed by atoms with E-state index in [2.05, 4.69) is 30.2 Å². The van der Waals surface area contributed by atoms with Crippen molar-refractivity contribution in [1.29, 1.82) is 0 Å². The highest BCUT2D eigenvalue weighted by molar-refractivity contribution is 5.84. The van der Waals surface area contributed by atoms with Crippen LogP contribution in [-0.2, 0) is 62.2 Å². The maximum Gasteiger partial charge on any atom is 0.224 e. The topological polar surface area (TPSA) is 438 Å². The Hall–Kier alpha value is -7.08. The summed E-state index contributed by atoms with van der Waals surface area (Å²) in [6, 6.07) is 10.2. The summed E-state index contributed by atoms with van der Waals surface area (Å²) in [6.07, 6.45) is -11.9. The monoisotopic (exact) mass is 1680 g/mol. The first-order valence-electron chi connectivity index (χ1n) is 54.3. The van der Waals surface area contributed by atoms with Crippen LogP contribution in [0.5, 0.6) is 34.5 Å². The largest absolute Gasteiger partial charge is 0.493 e. The third kappa shape index (κ3) is 40.2. The number of methoxy groups -OCH3 is 6. The zero-order chi connectivity index (χ0) is 115. The van der Waals surface area contributed by atoms with Crippen molar-refractivity contribution in [3.05, 3.63) is 71.3 Å². The molecule has 3 aromatic carbocycles. The van der Waals surface area contributed by atoms with E-state index < -0.39 is 198 Å². The van der Waals surface area contributed by atoms with Crippen LogP contribution in [0.3, 0.4) is 0 Å². The van der Waals surface area contributed by atoms with E-state index in [1.54, 1.807) is 47.6 Å². The van der Waals surface area contributed by atoms with Gasteiger partial charge in [0.15, 0.2) is 34.5 Å². The summed E-state index contributed by atoms with van der Waals surface area (Å²) in [7, 11) is -10.6. The molecular formula is C90H159N9O18. The molecular weight excluding hydrogens is 1500 g/mol. The van der Waals surface area contributed by atoms with Gasteiger partial charge in [-0.2, -0.15) is 0 Å². The minimum absolute atomic E-state index is 0.0130. The molecule has 117 heavy (non-hydrogen) atoms. The maximum absolute atomic E-state index is 13.0. The third-order valence-corrected chi connectivity index (χ3v) is 21.0. The summed E-state index contributed by atoms with van der Waals surface area (Å²) in [6.45, 7) is 11.6. The second-order valence-electron chi connectivity index (χ2n) is 33.6. The van der Waals surface area contributed by atoms with E-state index in [9.17, 15) is 44.1 Å². The van der Waals surface area contributed by atoms with Crippen LogP contribution in [0.15, 0.2) is 54.6 Å². The van der Waals surface area contributed by atoms with Gasteiger partial charge in [-0.05, 0) is 206 Å². The van der Waals surface area contributed by atoms with E-state index in [0.717, 1.165) is 13.2 Å². The number of amides is 6. The van der Waals surface area contributed by atoms with Crippen LogP contribution in [-0.4, -0.2) is 189 Å². The molecule has 27 nitrogen and oxygen atoms in total. The van der Waals surface area contributed by atoms with Gasteiger partial charge in [0.25, 0.3) is 0 Å². The standard InChI is InChI=1S/3C30H53N3O6/c3*1-19(2)22(14-21-10-11-26(38-8)27(15-21)39-13-9-12-37-7)16-24(31)25(34)17-23(20(3)4)28(35)33-18-30(5,6)29(32)36/h3*10-11,15,19-20,22-25,34H,9,12-14,16-18,31H2,1-8H3,(H2,32,36)(H,33,35)/t3*22-,23-,24-,25-/m000/s1/i7D3,8D3,9D2,12D2,13D2;8D3,9D2,12D2,13D2;7D3,9D2,12D2,13D2. The summed E-state index contributed by atoms with van der Waals surface area (Å²) in [5.41, 5.74) is 34.3. The smallest absolute Gasteiger partial charge is 0.224 e. The van der Waals surface area contributed by atoms with Crippen molar-refractivity contribution in [1.82, 2.24) is 16.0 Å². The first kappa shape index (κ1) is 66.6. The number of carbonyl (C=O) groups excluding carboxylic acids is 6. The Kier molecular flexibility index (Phi) is 31.3. The SMILES string of the molecule is [2H]C([2H])([2H])OC([2H])([2H])C([2H])([2H])C([2H])([2H])Oc1cc(C[C@@H](C[C@H](N)[C@@H](O)C[C@H](C(=O)NCC(C)(C)C(N)=O)C(C)C)C(C)C)ccc1OC.[2H]C([2H])([2H])Oc1ccc(C[C@@H](C[C@H](N)[C@@H](O)C[C@H](C(=O)NCC(C)(C)C(N)=O)C(C)C)C(C)C)cc1OC([2H])([2H])C([2H])([2H])C([2H])([2H])OC.[2H]C([2H])([2H])Oc1ccc(C[C@@H](C[C@H](N)[C@@H](O)C[C@H](C(=O)NCC(C)(C)C(N)=O)C(C)C)C(C)C)cc1OC([2H])([2H])C([2H])([2H])C([2H])([2H])OC([2H])([2H])[2H]. The van der Waals surface area contributed by atoms with Crippen molar-refractivity contribution in [2.24, 2.45) is 122 Å². The number of rotatable bonds is 57. The van der Waals surface area contributed by atoms with Gasteiger partial charge in [0.1, 0.15) is 0 Å². The average molecular weight is 1690 g/mol. The molecule has 0 saturated carbocycles. The van der Waals surface area contributed by atoms with E-state index >= 15 is 0 Å². The lowest BCUT2D eigenvalue weighted by Gasteiger charge is -2.30. The van der Waals surface area contributed by atoms with Crippen LogP contribution in [0.2, 0.25) is 0 Å². The summed E-state index contributed by atoms with van der Waals surface area (Å²) in [4.78, 5) is 74.0. The molecule has 0 radical (unpaired) electrons. The summed E-state index contributed by atoms with van der Waals surface area (Å²) < 4.78 is 277. The fourth-order valence-corrected chi connectivity index (χ4v) is 12.2. The van der Waals surface area contributed by atoms with Gasteiger partial charge in [-0.1, -0.05) is 101 Å². The molecule has 3 aromatic rings. The Morgan fingerprint density at radius 3 is 0.846 bits per heavy atom. The molecule has 12 atom stereocenters. The molecule has 0 spiro atoms. The molecule has 672 valence electrons. The van der Waals surface area contributed by atoms with Gasteiger partial charge in [0.05, 0.1) is 108 Å². The molecule has 0 unspecified atom stereocenters. The van der Waals surface area contributed by atoms with Crippen molar-refractivity contribution >= 4 is 35.4 Å². The Morgan fingerprint density at radius 1 is 0.376 bits per heavy atom. The number of benzene rings is 3. The Labute approximate surface area is 744 Å². The second kappa shape index (κ2) is 55.0. The molecule has 27 heteroatoms. The lowest BCUT2D eigenvalue weighted by atomic mass is 9.80. The van der Waals surface area contributed by atoms with Crippen molar-refractivity contribution < 1.29 is 128 Å². The third-order valence-electron chi connectivity index (χ3n) is 21.0. The van der Waals surface area contributed by atoms with E-state index in [1.165, 1.54) is 49.6 Å². The van der Waals surface area contributed by atoms with E-state index in [-0.39, 0.29) is 134 Å². The van der Waals surface area contributed by atoms with Gasteiger partial charge >= 0.3 is 0 Å². The van der Waals surface area contributed by atoms with Gasteiger partial charge in [-0.15, -0.1) is 0 Å². The first-order chi connectivity index (χ1) is 65.9. The van der Waals surface area contributed by atoms with E-state index in [0.29, 0.717) is 42.4 Å². The molecule has 0 aliphatic rings. The molecule has 0 aromatic heterocycles. The van der Waals surface area contributed by atoms with Crippen LogP contribution in [0.25, 0.3) is 0 Å². The Bertz CT molecular complexity index is 4680. The number of ether oxygens (including phenoxy) is 9. The van der Waals surface area contributed by atoms with Crippen LogP contribution in [0, 0.1) is 87.3 Å². The second-order valence-corrected chi connectivity index (χ2v) is 33.6. The highest BCUT2D eigenvalue weighted by Gasteiger charge is 2.37. The fraction of sp³-hybridized carbons (Fsp3) is 0.733. The molecule has 0 saturated heterocycles. The van der Waals surface area contributed by atoms with Gasteiger partial charge in [-0.25, -0.2) is 0 Å². The first-order valence-corrected chi connectivity index (χ1v) is 39.3. The number of aliphatic hydroxyl groups excluding tert-OH is 3. The minimum Gasteiger partial charge on any atom is -0.493 e. The molecule has 0 heterocycles. The highest BCUT2D eigenvalue weighted by atomic mass is 16.5. The van der Waals surface area contributed by atoms with Crippen molar-refractivity contribution in [2.75, 3.05) is 101 Å². The van der Waals surface area contributed by atoms with E-state index in [1.807, 2.05) is 83.1 Å². The van der Waals surface area contributed by atoms with E-state index in [4.69, 9.17) is 104 Å². The molecule has 0 fully saturated rings. The highest BCUT2D eigenvalue weighted by Crippen LogP contribution is 2.37. The number of hydrogen-bond donors (Lipinski definition) is 12. The fourth-order valence-electron chi connectivity index (χ4n) is 12.2. The molecule has 0 aliphatic heterocycles. The number of carbonyl (C=O) groups is 6. The number of nitrogens with two attached hydrogens (primary N) is 6. The number of aliphatic hydroxyl groups is 3. The predicted octanol–water partition coefficient (Wildman–Crippen LogP) is 9.88. The predicted molar refractivity (Wildman–Crippen MR) is 464 cm³/mol. The molecule has 6 amide bonds. The van der Waals surface area contributed by atoms with Crippen LogP contribution in [0.1, 0.15) is 240 Å². The summed E-state index contributed by atoms with van der Waals surface area (Å²) >= 11 is 0. The molecule has 3 rings (SSSR count). The Balaban J connectivity index is 0.00000110. The molecule has 18 N–H and O–H groups in total. The average Bonchev–Trinajstić information content (AvgIpc) is 0.761. The summed E-state index contributed by atoms with van der Waals surface area (Å²) in [5, 5.41) is 41.5. The normalized spacial score (nSPS) is 20.4. The number of primary amides is 3. The van der Waals surface area contributed by atoms with Gasteiger partial charge in [0, 0.05) is 124 Å². The number of hydrogen-bond acceptors (Lipinski definition) is 21. The van der Waals surface area contributed by atoms with Crippen LogP contribution >= 0.6 is 0 Å². The molecule has 0 bridgehead atoms. The minimum atomic E-state index is -3.76. The van der Waals surface area contributed by atoms with Gasteiger partial charge in [-0.3, -0.25) is 28.8 Å². The zero-order valence-electron chi connectivity index (χ0n) is 102. The quantitative estimate of drug-likeness (QED) is 0.0250. The molecule has 0 aliphatic carbocycles. The van der Waals surface area contributed by atoms with Crippen LogP contribution in [0.4, 0.5) is 0 Å². The Morgan fingerprint density at radius 2 is 0.632 bits per heavy atom.